The van der Waals surface area contributed by atoms with Crippen molar-refractivity contribution in [2.75, 3.05) is 37.8 Å². The van der Waals surface area contributed by atoms with Crippen molar-refractivity contribution in [2.45, 2.75) is 118 Å². The maximum Gasteiger partial charge on any atom is 0.288 e. The summed E-state index contributed by atoms with van der Waals surface area (Å²) in [4.78, 5) is 34.8. The largest absolute Gasteiger partial charge is 0.491 e. The third-order valence-electron chi connectivity index (χ3n) is 14.4. The Bertz CT molecular complexity index is 2790. The van der Waals surface area contributed by atoms with Gasteiger partial charge < -0.3 is 34.5 Å². The second-order valence-corrected chi connectivity index (χ2v) is 22.4. The maximum atomic E-state index is 14.7. The number of H-pyrrole nitrogens is 1. The van der Waals surface area contributed by atoms with Crippen molar-refractivity contribution >= 4 is 50.1 Å². The molecule has 9 rings (SSSR count). The van der Waals surface area contributed by atoms with Gasteiger partial charge in [-0.15, -0.1) is 11.8 Å². The zero-order valence-corrected chi connectivity index (χ0v) is 40.4. The van der Waals surface area contributed by atoms with E-state index in [0.717, 1.165) is 63.4 Å². The molecule has 0 unspecified atom stereocenters. The zero-order chi connectivity index (χ0) is 48.0. The summed E-state index contributed by atoms with van der Waals surface area (Å²) in [5.41, 5.74) is 2.52. The minimum absolute atomic E-state index is 0.00827. The van der Waals surface area contributed by atoms with Crippen LogP contribution in [0.3, 0.4) is 0 Å². The maximum absolute atomic E-state index is 14.7. The Hall–Kier alpha value is -5.27. The molecule has 1 saturated heterocycles. The van der Waals surface area contributed by atoms with Gasteiger partial charge in [-0.2, -0.15) is 0 Å². The normalized spacial score (nSPS) is 22.1. The summed E-state index contributed by atoms with van der Waals surface area (Å²) in [6, 6.07) is 17.5. The summed E-state index contributed by atoms with van der Waals surface area (Å²) in [6.07, 6.45) is 9.24. The van der Waals surface area contributed by atoms with Crippen molar-refractivity contribution in [1.29, 1.82) is 0 Å². The molecule has 4 heterocycles. The molecule has 0 radical (unpaired) electrons. The van der Waals surface area contributed by atoms with E-state index in [4.69, 9.17) is 14.2 Å². The number of nitro groups is 1. The molecule has 2 atom stereocenters. The molecule has 3 fully saturated rings. The highest BCUT2D eigenvalue weighted by atomic mass is 32.2. The average molecular weight is 971 g/mol. The smallest absolute Gasteiger partial charge is 0.288 e. The van der Waals surface area contributed by atoms with E-state index in [2.05, 4.69) is 63.0 Å². The lowest BCUT2D eigenvalue weighted by Crippen LogP contribution is -2.54. The molecule has 2 aliphatic carbocycles. The number of aromatic amines is 1. The van der Waals surface area contributed by atoms with Gasteiger partial charge in [0.15, 0.2) is 0 Å². The highest BCUT2D eigenvalue weighted by Gasteiger charge is 2.47. The number of nitro benzene ring substituents is 1. The zero-order valence-electron chi connectivity index (χ0n) is 38.8. The molecule has 362 valence electrons. The molecule has 15 nitrogen and oxygen atoms in total. The third kappa shape index (κ3) is 10.1. The Labute approximate surface area is 400 Å². The van der Waals surface area contributed by atoms with Crippen LogP contribution >= 0.6 is 11.8 Å². The van der Waals surface area contributed by atoms with Crippen LogP contribution in [-0.2, 0) is 14.8 Å². The predicted octanol–water partition coefficient (Wildman–Crippen LogP) is 9.56. The van der Waals surface area contributed by atoms with Gasteiger partial charge in [0, 0.05) is 61.1 Å². The number of sulfonamides is 1. The van der Waals surface area contributed by atoms with Gasteiger partial charge in [-0.05, 0) is 112 Å². The number of carbonyl (C=O) groups excluding carboxylic acids is 1. The SMILES string of the molecule is CCOC[C@H](NC1CC2(CCN(c3ccc(C(=O)NS(=O)(=O)c4cc5c(c([N+](=O)[O-])c4)S[C@@H]([C@H]4CC[C@](C)(O)CC4)CO5)c(Oc4cnc5[nH]cc(F)c5c4)c3)CC2)C1)c1ccccc1C(C)C. The lowest BCUT2D eigenvalue weighted by molar-refractivity contribution is -0.388. The number of fused-ring (bicyclic) bond motifs is 2. The number of aliphatic hydroxyl groups is 1. The van der Waals surface area contributed by atoms with E-state index in [9.17, 15) is 32.8 Å². The van der Waals surface area contributed by atoms with Crippen LogP contribution in [0.5, 0.6) is 17.2 Å². The van der Waals surface area contributed by atoms with Crippen molar-refractivity contribution in [3.63, 3.8) is 0 Å². The van der Waals surface area contributed by atoms with Gasteiger partial charge in [0.25, 0.3) is 21.6 Å². The quantitative estimate of drug-likeness (QED) is 0.0572. The first kappa shape index (κ1) is 47.8. The van der Waals surface area contributed by atoms with Crippen LogP contribution in [0.15, 0.2) is 82.8 Å². The summed E-state index contributed by atoms with van der Waals surface area (Å²) >= 11 is 1.29. The number of halogens is 1. The standard InChI is InChI=1S/C50H59FN6O9S2/c1-5-64-28-41(37-9-7-6-8-36(37)30(2)3)54-32-24-50(25-32)16-18-56(19-17-50)33-10-11-38(43(20-33)66-34-21-39-40(51)27-53-47(39)52-26-34)48(58)55-68(62,63)35-22-42(57(60)61)46-44(23-35)65-29-45(67-46)31-12-14-49(4,59)15-13-31/h6-11,20-23,26-27,30-32,41,45,54,59H,5,12-19,24-25,28-29H2,1-4H3,(H,52,53)(H,55,58)/t31-,41-,45+,49-/m0/s1. The second-order valence-electron chi connectivity index (χ2n) is 19.5. The molecule has 18 heteroatoms. The number of ether oxygens (including phenoxy) is 3. The molecule has 3 aromatic carbocycles. The summed E-state index contributed by atoms with van der Waals surface area (Å²) in [5, 5.41) is 26.8. The molecule has 2 aliphatic heterocycles. The first-order valence-electron chi connectivity index (χ1n) is 23.5. The topological polar surface area (TPSA) is 198 Å². The predicted molar refractivity (Wildman–Crippen MR) is 258 cm³/mol. The fourth-order valence-corrected chi connectivity index (χ4v) is 12.9. The number of hydrogen-bond acceptors (Lipinski definition) is 13. The summed E-state index contributed by atoms with van der Waals surface area (Å²) < 4.78 is 62.9. The van der Waals surface area contributed by atoms with Crippen LogP contribution in [0.25, 0.3) is 11.0 Å². The van der Waals surface area contributed by atoms with Crippen molar-refractivity contribution in [3.05, 3.63) is 106 Å². The number of nitrogens with zero attached hydrogens (tertiary/aromatic N) is 3. The molecule has 0 bridgehead atoms. The summed E-state index contributed by atoms with van der Waals surface area (Å²) in [6.45, 7) is 11.2. The molecule has 2 aromatic heterocycles. The number of nitrogens with one attached hydrogen (secondary N) is 3. The number of pyridine rings is 1. The molecule has 4 aliphatic rings. The number of carbonyl (C=O) groups is 1. The summed E-state index contributed by atoms with van der Waals surface area (Å²) in [5.74, 6) is -0.869. The van der Waals surface area contributed by atoms with Crippen molar-refractivity contribution < 1.29 is 41.8 Å². The first-order valence-corrected chi connectivity index (χ1v) is 25.9. The number of thioether (sulfide) groups is 1. The van der Waals surface area contributed by atoms with Crippen molar-refractivity contribution in [1.82, 2.24) is 20.0 Å². The molecule has 2 saturated carbocycles. The number of rotatable bonds is 15. The van der Waals surface area contributed by atoms with E-state index in [1.165, 1.54) is 53.5 Å². The highest BCUT2D eigenvalue weighted by molar-refractivity contribution is 8.00. The van der Waals surface area contributed by atoms with Gasteiger partial charge in [-0.1, -0.05) is 38.1 Å². The molecule has 5 aromatic rings. The lowest BCUT2D eigenvalue weighted by Gasteiger charge is -2.53. The van der Waals surface area contributed by atoms with Crippen LogP contribution in [-0.4, -0.2) is 84.1 Å². The lowest BCUT2D eigenvalue weighted by atomic mass is 9.60. The number of piperidine rings is 1. The van der Waals surface area contributed by atoms with Crippen molar-refractivity contribution in [3.8, 4) is 17.2 Å². The monoisotopic (exact) mass is 970 g/mol. The molecular formula is C50H59FN6O9S2. The molecule has 1 spiro atoms. The number of hydrogen-bond donors (Lipinski definition) is 4. The van der Waals surface area contributed by atoms with Gasteiger partial charge >= 0.3 is 0 Å². The minimum atomic E-state index is -4.71. The number of anilines is 1. The number of benzene rings is 3. The van der Waals surface area contributed by atoms with E-state index >= 15 is 0 Å². The fourth-order valence-electron chi connectivity index (χ4n) is 10.5. The fraction of sp³-hybridized carbons (Fsp3) is 0.480. The van der Waals surface area contributed by atoms with Crippen molar-refractivity contribution in [2.24, 2.45) is 11.3 Å². The van der Waals surface area contributed by atoms with Gasteiger partial charge in [-0.3, -0.25) is 14.9 Å². The van der Waals surface area contributed by atoms with Crippen LogP contribution in [0.1, 0.15) is 113 Å². The second kappa shape index (κ2) is 19.3. The summed E-state index contributed by atoms with van der Waals surface area (Å²) in [7, 11) is -4.71. The van der Waals surface area contributed by atoms with E-state index in [-0.39, 0.29) is 62.3 Å². The van der Waals surface area contributed by atoms with Gasteiger partial charge in [-0.25, -0.2) is 22.5 Å². The Kier molecular flexibility index (Phi) is 13.5. The average Bonchev–Trinajstić information content (AvgIpc) is 3.68. The minimum Gasteiger partial charge on any atom is -0.491 e. The van der Waals surface area contributed by atoms with Gasteiger partial charge in [0.05, 0.1) is 45.2 Å². The Morgan fingerprint density at radius 1 is 1.09 bits per heavy atom. The highest BCUT2D eigenvalue weighted by Crippen LogP contribution is 2.51. The van der Waals surface area contributed by atoms with Crippen LogP contribution < -0.4 is 24.4 Å². The Morgan fingerprint density at radius 3 is 2.53 bits per heavy atom. The number of amides is 1. The molecule has 1 amide bonds. The van der Waals surface area contributed by atoms with Crippen LogP contribution in [0.4, 0.5) is 15.8 Å². The molecule has 4 N–H and O–H groups in total. The van der Waals surface area contributed by atoms with Crippen LogP contribution in [0, 0.1) is 27.3 Å². The number of aromatic nitrogens is 2. The van der Waals surface area contributed by atoms with E-state index in [1.54, 1.807) is 12.1 Å². The Morgan fingerprint density at radius 2 is 1.82 bits per heavy atom. The first-order chi connectivity index (χ1) is 32.5. The van der Waals surface area contributed by atoms with E-state index in [0.29, 0.717) is 43.7 Å². The molecular weight excluding hydrogens is 912 g/mol. The Balaban J connectivity index is 0.917. The third-order valence-corrected chi connectivity index (χ3v) is 17.2. The van der Waals surface area contributed by atoms with E-state index < -0.39 is 42.9 Å². The van der Waals surface area contributed by atoms with Gasteiger partial charge in [0.1, 0.15) is 40.2 Å². The van der Waals surface area contributed by atoms with Gasteiger partial charge in [0.2, 0.25) is 0 Å². The molecule has 68 heavy (non-hydrogen) atoms. The van der Waals surface area contributed by atoms with E-state index in [1.807, 2.05) is 13.8 Å². The van der Waals surface area contributed by atoms with Crippen LogP contribution in [0.2, 0.25) is 0 Å².